The molecule has 172 valence electrons. The molecule has 1 fully saturated rings. The Morgan fingerprint density at radius 3 is 2.73 bits per heavy atom. The van der Waals surface area contributed by atoms with Crippen LogP contribution < -0.4 is 5.32 Å². The molecule has 0 atom stereocenters. The van der Waals surface area contributed by atoms with Crippen LogP contribution in [0.3, 0.4) is 0 Å². The third-order valence-electron chi connectivity index (χ3n) is 6.26. The minimum Gasteiger partial charge on any atom is -0.447 e. The zero-order valence-electron chi connectivity index (χ0n) is 18.4. The van der Waals surface area contributed by atoms with Gasteiger partial charge in [-0.05, 0) is 72.2 Å². The molecular weight excluding hydrogens is 516 g/mol. The number of halogens is 1. The van der Waals surface area contributed by atoms with Crippen molar-refractivity contribution in [3.8, 4) is 0 Å². The van der Waals surface area contributed by atoms with E-state index in [1.807, 2.05) is 24.3 Å². The van der Waals surface area contributed by atoms with E-state index < -0.39 is 0 Å². The number of rotatable bonds is 6. The zero-order chi connectivity index (χ0) is 22.6. The van der Waals surface area contributed by atoms with Gasteiger partial charge in [0.05, 0.1) is 16.3 Å². The third-order valence-corrected chi connectivity index (χ3v) is 9.31. The Bertz CT molecular complexity index is 1150. The summed E-state index contributed by atoms with van der Waals surface area (Å²) in [5.74, 6) is 0.722. The highest BCUT2D eigenvalue weighted by Gasteiger charge is 2.27. The number of fused-ring (bicyclic) bond motifs is 1. The Morgan fingerprint density at radius 2 is 1.91 bits per heavy atom. The largest absolute Gasteiger partial charge is 0.447 e. The van der Waals surface area contributed by atoms with Crippen molar-refractivity contribution in [1.82, 2.24) is 5.32 Å². The first-order valence-electron chi connectivity index (χ1n) is 11.7. The van der Waals surface area contributed by atoms with Gasteiger partial charge in [0.15, 0.2) is 5.09 Å². The van der Waals surface area contributed by atoms with Gasteiger partial charge < -0.3 is 9.73 Å². The molecular formula is C26H27BrN2O2S2. The maximum Gasteiger partial charge on any atom is 0.254 e. The predicted octanol–water partition coefficient (Wildman–Crippen LogP) is 7.95. The fraction of sp³-hybridized carbons (Fsp3) is 0.385. The van der Waals surface area contributed by atoms with Crippen LogP contribution in [-0.2, 0) is 12.8 Å². The number of nitrogens with zero attached hydrogens (tertiary/aromatic N) is 1. The van der Waals surface area contributed by atoms with E-state index in [-0.39, 0.29) is 5.91 Å². The topological polar surface area (TPSA) is 54.6 Å². The third kappa shape index (κ3) is 5.47. The van der Waals surface area contributed by atoms with Gasteiger partial charge in [0.1, 0.15) is 10.8 Å². The summed E-state index contributed by atoms with van der Waals surface area (Å²) in [6.45, 7) is 0. The highest BCUT2D eigenvalue weighted by molar-refractivity contribution is 9.10. The van der Waals surface area contributed by atoms with Gasteiger partial charge in [-0.25, -0.2) is 4.99 Å². The van der Waals surface area contributed by atoms with Crippen LogP contribution in [0.5, 0.6) is 0 Å². The maximum atomic E-state index is 13.3. The van der Waals surface area contributed by atoms with Crippen LogP contribution in [0.2, 0.25) is 0 Å². The van der Waals surface area contributed by atoms with Crippen LogP contribution in [0.1, 0.15) is 71.5 Å². The fourth-order valence-corrected chi connectivity index (χ4v) is 7.18. The minimum absolute atomic E-state index is 0.0504. The van der Waals surface area contributed by atoms with Crippen molar-refractivity contribution < 1.29 is 9.21 Å². The Kier molecular flexibility index (Phi) is 7.38. The van der Waals surface area contributed by atoms with E-state index in [0.717, 1.165) is 57.1 Å². The summed E-state index contributed by atoms with van der Waals surface area (Å²) in [5.41, 5.74) is 2.01. The highest BCUT2D eigenvalue weighted by atomic mass is 79.9. The number of hydrogen-bond acceptors (Lipinski definition) is 5. The summed E-state index contributed by atoms with van der Waals surface area (Å²) < 4.78 is 6.94. The normalized spacial score (nSPS) is 16.8. The average Bonchev–Trinajstić information content (AvgIpc) is 3.38. The number of thiophene rings is 1. The molecule has 2 aromatic heterocycles. The van der Waals surface area contributed by atoms with Crippen molar-refractivity contribution in [2.24, 2.45) is 4.99 Å². The summed E-state index contributed by atoms with van der Waals surface area (Å²) in [5, 5.41) is 4.91. The molecule has 2 heterocycles. The summed E-state index contributed by atoms with van der Waals surface area (Å²) in [6, 6.07) is 12.4. The van der Waals surface area contributed by atoms with Crippen molar-refractivity contribution in [1.29, 1.82) is 0 Å². The number of furan rings is 1. The predicted molar refractivity (Wildman–Crippen MR) is 140 cm³/mol. The first-order chi connectivity index (χ1) is 16.2. The number of aryl methyl sites for hydroxylation is 1. The van der Waals surface area contributed by atoms with Crippen molar-refractivity contribution in [3.63, 3.8) is 0 Å². The van der Waals surface area contributed by atoms with Crippen LogP contribution >= 0.6 is 39.0 Å². The van der Waals surface area contributed by atoms with E-state index in [2.05, 4.69) is 33.4 Å². The van der Waals surface area contributed by atoms with Crippen LogP contribution in [0, 0.1) is 0 Å². The lowest BCUT2D eigenvalue weighted by molar-refractivity contribution is 0.0927. The molecule has 0 aliphatic heterocycles. The van der Waals surface area contributed by atoms with E-state index >= 15 is 0 Å². The zero-order valence-corrected chi connectivity index (χ0v) is 21.7. The molecule has 1 amide bonds. The van der Waals surface area contributed by atoms with Crippen LogP contribution in [0.25, 0.3) is 0 Å². The SMILES string of the molecule is O=C(NC1CCCCC1)c1c(N=Cc2cc(Br)c(Sc3ccccc3)o2)sc2c1CCCC2. The summed E-state index contributed by atoms with van der Waals surface area (Å²) in [7, 11) is 0. The summed E-state index contributed by atoms with van der Waals surface area (Å²) in [6.07, 6.45) is 11.9. The molecule has 7 heteroatoms. The van der Waals surface area contributed by atoms with E-state index in [4.69, 9.17) is 9.41 Å². The quantitative estimate of drug-likeness (QED) is 0.321. The second-order valence-electron chi connectivity index (χ2n) is 8.66. The monoisotopic (exact) mass is 542 g/mol. The van der Waals surface area contributed by atoms with Gasteiger partial charge in [-0.15, -0.1) is 11.3 Å². The van der Waals surface area contributed by atoms with Gasteiger partial charge in [-0.1, -0.05) is 49.2 Å². The molecule has 0 radical (unpaired) electrons. The Balaban J connectivity index is 1.38. The molecule has 0 saturated heterocycles. The molecule has 0 unspecified atom stereocenters. The first-order valence-corrected chi connectivity index (χ1v) is 14.1. The Hall–Kier alpha value is -1.83. The molecule has 1 saturated carbocycles. The molecule has 4 nitrogen and oxygen atoms in total. The summed E-state index contributed by atoms with van der Waals surface area (Å²) >= 11 is 6.84. The molecule has 1 aromatic carbocycles. The molecule has 3 aromatic rings. The lowest BCUT2D eigenvalue weighted by Crippen LogP contribution is -2.36. The molecule has 5 rings (SSSR count). The number of amides is 1. The summed E-state index contributed by atoms with van der Waals surface area (Å²) in [4.78, 5) is 20.5. The Labute approximate surface area is 211 Å². The van der Waals surface area contributed by atoms with Gasteiger partial charge in [-0.2, -0.15) is 0 Å². The van der Waals surface area contributed by atoms with E-state index in [9.17, 15) is 4.79 Å². The maximum absolute atomic E-state index is 13.3. The van der Waals surface area contributed by atoms with Crippen molar-refractivity contribution in [3.05, 3.63) is 62.6 Å². The molecule has 2 aliphatic rings. The van der Waals surface area contributed by atoms with Gasteiger partial charge in [0, 0.05) is 21.9 Å². The first kappa shape index (κ1) is 22.9. The molecule has 2 aliphatic carbocycles. The second-order valence-corrected chi connectivity index (χ2v) is 11.6. The molecule has 0 spiro atoms. The molecule has 0 bridgehead atoms. The van der Waals surface area contributed by atoms with E-state index in [1.54, 1.807) is 29.3 Å². The standard InChI is InChI=1S/C26H27BrN2O2S2/c27-21-15-18(31-26(21)32-19-11-5-2-6-12-19)16-28-25-23(20-13-7-8-14-22(20)33-25)24(30)29-17-9-3-1-4-10-17/h2,5-6,11-12,15-17H,1,3-4,7-10,13-14H2,(H,29,30). The number of carbonyl (C=O) groups is 1. The van der Waals surface area contributed by atoms with E-state index in [1.165, 1.54) is 36.1 Å². The second kappa shape index (κ2) is 10.6. The van der Waals surface area contributed by atoms with Crippen LogP contribution in [0.15, 0.2) is 60.3 Å². The Morgan fingerprint density at radius 1 is 1.12 bits per heavy atom. The van der Waals surface area contributed by atoms with Gasteiger partial charge in [0.25, 0.3) is 5.91 Å². The van der Waals surface area contributed by atoms with E-state index in [0.29, 0.717) is 11.8 Å². The lowest BCUT2D eigenvalue weighted by atomic mass is 9.93. The number of nitrogens with one attached hydrogen (secondary N) is 1. The van der Waals surface area contributed by atoms with Crippen molar-refractivity contribution in [2.45, 2.75) is 73.8 Å². The molecule has 1 N–H and O–H groups in total. The average molecular weight is 544 g/mol. The number of hydrogen-bond donors (Lipinski definition) is 1. The molecule has 33 heavy (non-hydrogen) atoms. The number of aliphatic imine (C=N–C) groups is 1. The van der Waals surface area contributed by atoms with Gasteiger partial charge in [0.2, 0.25) is 0 Å². The van der Waals surface area contributed by atoms with Crippen LogP contribution in [0.4, 0.5) is 5.00 Å². The van der Waals surface area contributed by atoms with Gasteiger partial charge >= 0.3 is 0 Å². The minimum atomic E-state index is 0.0504. The number of carbonyl (C=O) groups excluding carboxylic acids is 1. The number of benzene rings is 1. The smallest absolute Gasteiger partial charge is 0.254 e. The van der Waals surface area contributed by atoms with Crippen molar-refractivity contribution in [2.75, 3.05) is 0 Å². The van der Waals surface area contributed by atoms with Gasteiger partial charge in [-0.3, -0.25) is 4.79 Å². The van der Waals surface area contributed by atoms with Crippen LogP contribution in [-0.4, -0.2) is 18.2 Å². The lowest BCUT2D eigenvalue weighted by Gasteiger charge is -2.23. The van der Waals surface area contributed by atoms with Crippen molar-refractivity contribution >= 4 is 56.2 Å². The fourth-order valence-electron chi connectivity index (χ4n) is 4.60. The highest BCUT2D eigenvalue weighted by Crippen LogP contribution is 2.40.